The van der Waals surface area contributed by atoms with E-state index in [1.54, 1.807) is 19.2 Å². The van der Waals surface area contributed by atoms with Crippen molar-refractivity contribution in [2.45, 2.75) is 44.9 Å². The Kier molecular flexibility index (Phi) is 6.44. The Morgan fingerprint density at radius 2 is 2.11 bits per heavy atom. The Bertz CT molecular complexity index is 790. The van der Waals surface area contributed by atoms with E-state index in [2.05, 4.69) is 10.1 Å². The number of hydrogen-bond acceptors (Lipinski definition) is 5. The summed E-state index contributed by atoms with van der Waals surface area (Å²) in [6.07, 6.45) is 2.99. The Morgan fingerprint density at radius 1 is 1.36 bits per heavy atom. The van der Waals surface area contributed by atoms with Crippen LogP contribution in [-0.2, 0) is 14.9 Å². The number of ether oxygens (including phenoxy) is 1. The molecule has 1 aliphatic heterocycles. The molecule has 6 nitrogen and oxygen atoms in total. The molecule has 2 heterocycles. The van der Waals surface area contributed by atoms with Crippen LogP contribution in [0.2, 0.25) is 0 Å². The van der Waals surface area contributed by atoms with Crippen molar-refractivity contribution in [3.8, 4) is 11.5 Å². The van der Waals surface area contributed by atoms with Crippen molar-refractivity contribution in [2.75, 3.05) is 26.8 Å². The number of amides is 1. The molecule has 0 aliphatic carbocycles. The van der Waals surface area contributed by atoms with E-state index in [9.17, 15) is 9.18 Å². The largest absolute Gasteiger partial charge is 0.385 e. The second-order valence-corrected chi connectivity index (χ2v) is 7.97. The number of methoxy groups -OCH3 is 1. The van der Waals surface area contributed by atoms with Gasteiger partial charge in [-0.1, -0.05) is 19.0 Å². The summed E-state index contributed by atoms with van der Waals surface area (Å²) in [5.41, 5.74) is 0.272. The van der Waals surface area contributed by atoms with Crippen LogP contribution in [0, 0.1) is 11.7 Å². The van der Waals surface area contributed by atoms with E-state index < -0.39 is 5.41 Å². The van der Waals surface area contributed by atoms with E-state index in [0.717, 1.165) is 19.4 Å². The fourth-order valence-electron chi connectivity index (χ4n) is 3.77. The number of halogens is 1. The maximum Gasteiger partial charge on any atom is 0.257 e. The molecule has 0 spiro atoms. The Hall–Kier alpha value is -2.28. The van der Waals surface area contributed by atoms with Gasteiger partial charge in [0.1, 0.15) is 5.82 Å². The Morgan fingerprint density at radius 3 is 2.79 bits per heavy atom. The molecule has 1 aliphatic rings. The highest BCUT2D eigenvalue weighted by atomic mass is 19.1. The van der Waals surface area contributed by atoms with Gasteiger partial charge in [0.2, 0.25) is 5.91 Å². The monoisotopic (exact) mass is 389 g/mol. The maximum atomic E-state index is 13.2. The molecule has 0 saturated carbocycles. The maximum absolute atomic E-state index is 13.2. The molecule has 152 valence electrons. The van der Waals surface area contributed by atoms with Crippen molar-refractivity contribution < 1.29 is 18.4 Å². The van der Waals surface area contributed by atoms with Gasteiger partial charge in [0, 0.05) is 38.8 Å². The van der Waals surface area contributed by atoms with Gasteiger partial charge in [0.25, 0.3) is 5.89 Å². The number of carbonyl (C=O) groups excluding carboxylic acids is 1. The molecule has 2 aromatic rings. The summed E-state index contributed by atoms with van der Waals surface area (Å²) in [4.78, 5) is 19.2. The third-order valence-electron chi connectivity index (χ3n) is 5.29. The van der Waals surface area contributed by atoms with Gasteiger partial charge in [0.15, 0.2) is 5.82 Å². The van der Waals surface area contributed by atoms with Crippen molar-refractivity contribution in [1.29, 1.82) is 0 Å². The standard InChI is InChI=1S/C21H28FN3O3/c1-15(2)13-18(26)25-11-4-9-21(14-25,10-12-27-3)20-23-19(28-24-20)16-5-7-17(22)8-6-16/h5-8,15H,4,9-14H2,1-3H3. The van der Waals surface area contributed by atoms with Gasteiger partial charge in [-0.2, -0.15) is 4.98 Å². The van der Waals surface area contributed by atoms with Crippen LogP contribution in [0.15, 0.2) is 28.8 Å². The van der Waals surface area contributed by atoms with Crippen LogP contribution in [0.1, 0.15) is 45.4 Å². The minimum absolute atomic E-state index is 0.166. The van der Waals surface area contributed by atoms with Crippen molar-refractivity contribution >= 4 is 5.91 Å². The first-order valence-electron chi connectivity index (χ1n) is 9.80. The molecule has 1 atom stereocenters. The first-order chi connectivity index (χ1) is 13.4. The lowest BCUT2D eigenvalue weighted by Gasteiger charge is -2.41. The SMILES string of the molecule is COCCC1(c2noc(-c3ccc(F)cc3)n2)CCCN(C(=O)CC(C)C)C1. The number of piperidine rings is 1. The summed E-state index contributed by atoms with van der Waals surface area (Å²) < 4.78 is 24.0. The number of nitrogens with zero attached hydrogens (tertiary/aromatic N) is 3. The molecule has 7 heteroatoms. The summed E-state index contributed by atoms with van der Waals surface area (Å²) in [6, 6.07) is 5.97. The molecule has 3 rings (SSSR count). The molecule has 0 N–H and O–H groups in total. The highest BCUT2D eigenvalue weighted by molar-refractivity contribution is 5.76. The number of hydrogen-bond donors (Lipinski definition) is 0. The normalized spacial score (nSPS) is 20.0. The van der Waals surface area contributed by atoms with Crippen LogP contribution in [0.5, 0.6) is 0 Å². The minimum atomic E-state index is -0.400. The van der Waals surface area contributed by atoms with Crippen molar-refractivity contribution in [3.05, 3.63) is 35.9 Å². The van der Waals surface area contributed by atoms with Crippen LogP contribution < -0.4 is 0 Å². The predicted molar refractivity (Wildman–Crippen MR) is 103 cm³/mol. The molecule has 0 bridgehead atoms. The average molecular weight is 389 g/mol. The average Bonchev–Trinajstić information content (AvgIpc) is 3.17. The molecule has 1 saturated heterocycles. The second-order valence-electron chi connectivity index (χ2n) is 7.97. The zero-order valence-electron chi connectivity index (χ0n) is 16.8. The summed E-state index contributed by atoms with van der Waals surface area (Å²) >= 11 is 0. The Balaban J connectivity index is 1.87. The van der Waals surface area contributed by atoms with Crippen LogP contribution >= 0.6 is 0 Å². The zero-order valence-corrected chi connectivity index (χ0v) is 16.8. The number of likely N-dealkylation sites (tertiary alicyclic amines) is 1. The Labute approximate surface area is 165 Å². The summed E-state index contributed by atoms with van der Waals surface area (Å²) in [5.74, 6) is 1.12. The molecular weight excluding hydrogens is 361 g/mol. The van der Waals surface area contributed by atoms with E-state index in [1.165, 1.54) is 12.1 Å². The molecule has 1 fully saturated rings. The van der Waals surface area contributed by atoms with Crippen molar-refractivity contribution in [2.24, 2.45) is 5.92 Å². The lowest BCUT2D eigenvalue weighted by atomic mass is 9.76. The van der Waals surface area contributed by atoms with Gasteiger partial charge in [-0.25, -0.2) is 4.39 Å². The predicted octanol–water partition coefficient (Wildman–Crippen LogP) is 3.82. The van der Waals surface area contributed by atoms with Crippen molar-refractivity contribution in [3.63, 3.8) is 0 Å². The van der Waals surface area contributed by atoms with Crippen molar-refractivity contribution in [1.82, 2.24) is 15.0 Å². The van der Waals surface area contributed by atoms with Gasteiger partial charge in [0.05, 0.1) is 5.41 Å². The molecule has 28 heavy (non-hydrogen) atoms. The van der Waals surface area contributed by atoms with Crippen LogP contribution in [0.3, 0.4) is 0 Å². The number of rotatable bonds is 7. The minimum Gasteiger partial charge on any atom is -0.385 e. The zero-order chi connectivity index (χ0) is 20.1. The fraction of sp³-hybridized carbons (Fsp3) is 0.571. The molecule has 0 radical (unpaired) electrons. The molecular formula is C21H28FN3O3. The number of aromatic nitrogens is 2. The quantitative estimate of drug-likeness (QED) is 0.720. The van der Waals surface area contributed by atoms with E-state index in [1.807, 2.05) is 18.7 Å². The topological polar surface area (TPSA) is 68.5 Å². The van der Waals surface area contributed by atoms with Gasteiger partial charge in [-0.05, 0) is 49.4 Å². The van der Waals surface area contributed by atoms with E-state index >= 15 is 0 Å². The summed E-state index contributed by atoms with van der Waals surface area (Å²) in [7, 11) is 1.67. The van der Waals surface area contributed by atoms with E-state index in [-0.39, 0.29) is 11.7 Å². The second kappa shape index (κ2) is 8.82. The molecule has 1 amide bonds. The van der Waals surface area contributed by atoms with E-state index in [4.69, 9.17) is 9.26 Å². The number of carbonyl (C=O) groups is 1. The van der Waals surface area contributed by atoms with Crippen LogP contribution in [-0.4, -0.2) is 47.8 Å². The summed E-state index contributed by atoms with van der Waals surface area (Å²) in [6.45, 7) is 5.96. The first kappa shape index (κ1) is 20.5. The van der Waals surface area contributed by atoms with Gasteiger partial charge in [-0.3, -0.25) is 4.79 Å². The molecule has 1 aromatic heterocycles. The smallest absolute Gasteiger partial charge is 0.257 e. The molecule has 1 unspecified atom stereocenters. The molecule has 1 aromatic carbocycles. The lowest BCUT2D eigenvalue weighted by molar-refractivity contribution is -0.134. The third kappa shape index (κ3) is 4.58. The van der Waals surface area contributed by atoms with Crippen LogP contribution in [0.25, 0.3) is 11.5 Å². The van der Waals surface area contributed by atoms with Gasteiger partial charge in [-0.15, -0.1) is 0 Å². The first-order valence-corrected chi connectivity index (χ1v) is 9.80. The lowest BCUT2D eigenvalue weighted by Crippen LogP contribution is -2.49. The van der Waals surface area contributed by atoms with Gasteiger partial charge >= 0.3 is 0 Å². The van der Waals surface area contributed by atoms with Crippen LogP contribution in [0.4, 0.5) is 4.39 Å². The highest BCUT2D eigenvalue weighted by Crippen LogP contribution is 2.37. The van der Waals surface area contributed by atoms with Gasteiger partial charge < -0.3 is 14.2 Å². The highest BCUT2D eigenvalue weighted by Gasteiger charge is 2.42. The summed E-state index contributed by atoms with van der Waals surface area (Å²) in [5, 5.41) is 4.25. The fourth-order valence-corrected chi connectivity index (χ4v) is 3.77. The number of benzene rings is 1. The van der Waals surface area contributed by atoms with E-state index in [0.29, 0.717) is 49.2 Å². The third-order valence-corrected chi connectivity index (χ3v) is 5.29.